The van der Waals surface area contributed by atoms with Gasteiger partial charge in [-0.15, -0.1) is 0 Å². The molecule has 2 unspecified atom stereocenters. The third-order valence-corrected chi connectivity index (χ3v) is 6.07. The fourth-order valence-electron chi connectivity index (χ4n) is 5.16. The molecule has 0 bridgehead atoms. The van der Waals surface area contributed by atoms with Crippen molar-refractivity contribution in [3.8, 4) is 0 Å². The van der Waals surface area contributed by atoms with Gasteiger partial charge in [-0.3, -0.25) is 9.59 Å². The molecule has 1 aromatic rings. The molecule has 23 heavy (non-hydrogen) atoms. The summed E-state index contributed by atoms with van der Waals surface area (Å²) in [5.74, 6) is -2.16. The molecule has 0 amide bonds. The van der Waals surface area contributed by atoms with Crippen molar-refractivity contribution in [1.29, 1.82) is 0 Å². The highest BCUT2D eigenvalue weighted by molar-refractivity contribution is 6.32. The maximum atomic E-state index is 13.2. The molecule has 1 aliphatic heterocycles. The van der Waals surface area contributed by atoms with Crippen molar-refractivity contribution < 1.29 is 19.4 Å². The summed E-state index contributed by atoms with van der Waals surface area (Å²) in [7, 11) is 0. The number of hydrogen-bond donors (Lipinski definition) is 1. The zero-order valence-corrected chi connectivity index (χ0v) is 12.8. The predicted molar refractivity (Wildman–Crippen MR) is 82.1 cm³/mol. The van der Waals surface area contributed by atoms with Crippen LogP contribution in [0.3, 0.4) is 0 Å². The van der Waals surface area contributed by atoms with Gasteiger partial charge in [0.2, 0.25) is 17.2 Å². The number of ketones is 2. The molecule has 1 N–H and O–H groups in total. The fourth-order valence-corrected chi connectivity index (χ4v) is 5.16. The summed E-state index contributed by atoms with van der Waals surface area (Å²) in [6, 6.07) is 6.93. The van der Waals surface area contributed by atoms with Crippen molar-refractivity contribution in [1.82, 2.24) is 0 Å². The number of Topliss-reactive ketones (excluding diaryl/α,β-unsaturated/α-hetero) is 2. The maximum Gasteiger partial charge on any atom is 0.204 e. The second-order valence-electron chi connectivity index (χ2n) is 7.13. The summed E-state index contributed by atoms with van der Waals surface area (Å²) in [6.07, 6.45) is 4.71. The van der Waals surface area contributed by atoms with Gasteiger partial charge < -0.3 is 9.84 Å². The van der Waals surface area contributed by atoms with E-state index < -0.39 is 11.4 Å². The number of benzene rings is 1. The molecule has 4 aliphatic rings. The Labute approximate surface area is 134 Å². The van der Waals surface area contributed by atoms with Crippen LogP contribution in [0, 0.1) is 5.92 Å². The van der Waals surface area contributed by atoms with Crippen molar-refractivity contribution in [3.05, 3.63) is 46.5 Å². The van der Waals surface area contributed by atoms with Crippen molar-refractivity contribution in [2.24, 2.45) is 5.92 Å². The third kappa shape index (κ3) is 1.44. The maximum absolute atomic E-state index is 13.2. The molecule has 1 spiro atoms. The molecule has 2 fully saturated rings. The number of carbonyl (C=O) groups is 2. The third-order valence-electron chi connectivity index (χ3n) is 6.07. The summed E-state index contributed by atoms with van der Waals surface area (Å²) < 4.78 is 6.07. The van der Waals surface area contributed by atoms with E-state index in [4.69, 9.17) is 4.74 Å². The minimum atomic E-state index is -1.53. The summed E-state index contributed by atoms with van der Waals surface area (Å²) in [4.78, 5) is 26.4. The standard InChI is InChI=1S/C19H18O4/c20-16-11-5-1-2-6-12(11)17(21)19(16)15-8-3-7-13(15)14-9-4-10-18(14,22)23-19/h1-2,5-6,15,22H,3-4,7-10H2. The number of fused-ring (bicyclic) bond motifs is 4. The van der Waals surface area contributed by atoms with Gasteiger partial charge in [0.05, 0.1) is 0 Å². The SMILES string of the molecule is O=C1c2ccccc2C(=O)C12OC1(O)CCCC1=C1CCCC12. The summed E-state index contributed by atoms with van der Waals surface area (Å²) in [5.41, 5.74) is 1.41. The Morgan fingerprint density at radius 1 is 1.04 bits per heavy atom. The average Bonchev–Trinajstić information content (AvgIpc) is 3.22. The molecule has 4 heteroatoms. The number of carbonyl (C=O) groups excluding carboxylic acids is 2. The van der Waals surface area contributed by atoms with Gasteiger partial charge in [-0.05, 0) is 37.7 Å². The van der Waals surface area contributed by atoms with E-state index in [0.29, 0.717) is 17.5 Å². The van der Waals surface area contributed by atoms with E-state index in [1.54, 1.807) is 24.3 Å². The Hall–Kier alpha value is -1.78. The molecular weight excluding hydrogens is 292 g/mol. The van der Waals surface area contributed by atoms with Gasteiger partial charge in [0.15, 0.2) is 5.79 Å². The van der Waals surface area contributed by atoms with Crippen LogP contribution in [-0.2, 0) is 4.74 Å². The van der Waals surface area contributed by atoms with Crippen LogP contribution >= 0.6 is 0 Å². The van der Waals surface area contributed by atoms with Crippen molar-refractivity contribution in [2.45, 2.75) is 49.9 Å². The van der Waals surface area contributed by atoms with Crippen LogP contribution in [0.4, 0.5) is 0 Å². The monoisotopic (exact) mass is 310 g/mol. The first kappa shape index (κ1) is 13.6. The molecule has 5 rings (SSSR count). The minimum absolute atomic E-state index is 0.205. The van der Waals surface area contributed by atoms with Gasteiger partial charge in [-0.25, -0.2) is 0 Å². The van der Waals surface area contributed by atoms with E-state index in [-0.39, 0.29) is 17.5 Å². The minimum Gasteiger partial charge on any atom is -0.362 e. The van der Waals surface area contributed by atoms with Crippen LogP contribution in [0.2, 0.25) is 0 Å². The lowest BCUT2D eigenvalue weighted by atomic mass is 9.74. The van der Waals surface area contributed by atoms with Crippen LogP contribution < -0.4 is 0 Å². The molecule has 0 saturated heterocycles. The molecular formula is C19H18O4. The van der Waals surface area contributed by atoms with Gasteiger partial charge in [0.25, 0.3) is 0 Å². The highest BCUT2D eigenvalue weighted by atomic mass is 16.6. The lowest BCUT2D eigenvalue weighted by Crippen LogP contribution is -2.59. The molecule has 2 saturated carbocycles. The van der Waals surface area contributed by atoms with E-state index in [0.717, 1.165) is 43.3 Å². The Morgan fingerprint density at radius 2 is 1.74 bits per heavy atom. The Bertz CT molecular complexity index is 755. The van der Waals surface area contributed by atoms with Crippen molar-refractivity contribution in [2.75, 3.05) is 0 Å². The van der Waals surface area contributed by atoms with E-state index >= 15 is 0 Å². The first-order valence-corrected chi connectivity index (χ1v) is 8.41. The molecule has 1 aromatic carbocycles. The lowest BCUT2D eigenvalue weighted by Gasteiger charge is -2.45. The normalized spacial score (nSPS) is 34.0. The highest BCUT2D eigenvalue weighted by Crippen LogP contribution is 2.57. The van der Waals surface area contributed by atoms with Gasteiger partial charge in [-0.1, -0.05) is 29.8 Å². The van der Waals surface area contributed by atoms with E-state index in [1.807, 2.05) is 0 Å². The van der Waals surface area contributed by atoms with Gasteiger partial charge in [-0.2, -0.15) is 0 Å². The Kier molecular flexibility index (Phi) is 2.49. The first-order chi connectivity index (χ1) is 11.1. The fraction of sp³-hybridized carbons (Fsp3) is 0.474. The highest BCUT2D eigenvalue weighted by Gasteiger charge is 2.67. The Balaban J connectivity index is 1.76. The first-order valence-electron chi connectivity index (χ1n) is 8.41. The zero-order chi connectivity index (χ0) is 15.8. The average molecular weight is 310 g/mol. The van der Waals surface area contributed by atoms with Crippen molar-refractivity contribution >= 4 is 11.6 Å². The quantitative estimate of drug-likeness (QED) is 0.591. The van der Waals surface area contributed by atoms with Crippen LogP contribution in [0.1, 0.15) is 59.2 Å². The smallest absolute Gasteiger partial charge is 0.204 e. The molecule has 1 heterocycles. The topological polar surface area (TPSA) is 63.6 Å². The van der Waals surface area contributed by atoms with Crippen molar-refractivity contribution in [3.63, 3.8) is 0 Å². The Morgan fingerprint density at radius 3 is 2.43 bits per heavy atom. The molecule has 2 atom stereocenters. The second kappa shape index (κ2) is 4.19. The number of aliphatic hydroxyl groups is 1. The number of rotatable bonds is 0. The van der Waals surface area contributed by atoms with Gasteiger partial charge in [0.1, 0.15) is 0 Å². The number of hydrogen-bond acceptors (Lipinski definition) is 4. The summed E-state index contributed by atoms with van der Waals surface area (Å²) in [5, 5.41) is 11.0. The summed E-state index contributed by atoms with van der Waals surface area (Å²) in [6.45, 7) is 0. The van der Waals surface area contributed by atoms with E-state index in [2.05, 4.69) is 0 Å². The summed E-state index contributed by atoms with van der Waals surface area (Å²) >= 11 is 0. The molecule has 4 nitrogen and oxygen atoms in total. The van der Waals surface area contributed by atoms with Crippen LogP contribution in [0.25, 0.3) is 0 Å². The van der Waals surface area contributed by atoms with Crippen LogP contribution in [-0.4, -0.2) is 28.1 Å². The zero-order valence-electron chi connectivity index (χ0n) is 12.8. The largest absolute Gasteiger partial charge is 0.362 e. The lowest BCUT2D eigenvalue weighted by molar-refractivity contribution is -0.227. The van der Waals surface area contributed by atoms with Gasteiger partial charge >= 0.3 is 0 Å². The van der Waals surface area contributed by atoms with E-state index in [1.165, 1.54) is 0 Å². The second-order valence-corrected chi connectivity index (χ2v) is 7.13. The predicted octanol–water partition coefficient (Wildman–Crippen LogP) is 2.80. The molecule has 0 aromatic heterocycles. The molecule has 0 radical (unpaired) electrons. The van der Waals surface area contributed by atoms with Crippen LogP contribution in [0.15, 0.2) is 35.4 Å². The molecule has 118 valence electrons. The van der Waals surface area contributed by atoms with Gasteiger partial charge in [0, 0.05) is 23.5 Å². The van der Waals surface area contributed by atoms with E-state index in [9.17, 15) is 14.7 Å². The number of ether oxygens (including phenoxy) is 1. The van der Waals surface area contributed by atoms with Crippen LogP contribution in [0.5, 0.6) is 0 Å². The molecule has 3 aliphatic carbocycles.